The van der Waals surface area contributed by atoms with Gasteiger partial charge >= 0.3 is 0 Å². The Hall–Kier alpha value is -3.44. The second-order valence-electron chi connectivity index (χ2n) is 7.71. The Morgan fingerprint density at radius 1 is 1.09 bits per heavy atom. The summed E-state index contributed by atoms with van der Waals surface area (Å²) in [7, 11) is -2.17. The van der Waals surface area contributed by atoms with Crippen molar-refractivity contribution in [1.29, 1.82) is 0 Å². The highest BCUT2D eigenvalue weighted by atomic mass is 32.2. The molecule has 0 unspecified atom stereocenters. The van der Waals surface area contributed by atoms with Gasteiger partial charge in [0, 0.05) is 36.6 Å². The summed E-state index contributed by atoms with van der Waals surface area (Å²) >= 11 is 1.16. The van der Waals surface area contributed by atoms with Gasteiger partial charge in [-0.25, -0.2) is 13.4 Å². The van der Waals surface area contributed by atoms with Gasteiger partial charge in [0.1, 0.15) is 5.75 Å². The zero-order chi connectivity index (χ0) is 23.2. The summed E-state index contributed by atoms with van der Waals surface area (Å²) in [6.07, 6.45) is 1.31. The smallest absolute Gasteiger partial charge is 0.264 e. The van der Waals surface area contributed by atoms with E-state index in [1.807, 2.05) is 6.07 Å². The minimum absolute atomic E-state index is 0.000787. The molecule has 2 aliphatic heterocycles. The summed E-state index contributed by atoms with van der Waals surface area (Å²) < 4.78 is 33.6. The first-order valence-corrected chi connectivity index (χ1v) is 12.6. The van der Waals surface area contributed by atoms with E-state index in [9.17, 15) is 18.0 Å². The molecule has 33 heavy (non-hydrogen) atoms. The van der Waals surface area contributed by atoms with Crippen LogP contribution in [-0.2, 0) is 19.6 Å². The molecule has 2 aliphatic rings. The van der Waals surface area contributed by atoms with Gasteiger partial charge < -0.3 is 14.5 Å². The maximum absolute atomic E-state index is 12.8. The van der Waals surface area contributed by atoms with Crippen LogP contribution in [0, 0.1) is 0 Å². The van der Waals surface area contributed by atoms with Crippen molar-refractivity contribution in [3.05, 3.63) is 47.8 Å². The number of anilines is 3. The van der Waals surface area contributed by atoms with E-state index in [-0.39, 0.29) is 28.4 Å². The molecule has 0 radical (unpaired) electrons. The molecule has 0 aliphatic carbocycles. The quantitative estimate of drug-likeness (QED) is 0.596. The van der Waals surface area contributed by atoms with Gasteiger partial charge in [-0.3, -0.25) is 14.3 Å². The fraction of sp³-hybridized carbons (Fsp3) is 0.227. The van der Waals surface area contributed by atoms with Crippen molar-refractivity contribution in [3.63, 3.8) is 0 Å². The molecular formula is C22H20N4O5S2. The molecule has 2 amide bonds. The lowest BCUT2D eigenvalue weighted by atomic mass is 10.1. The lowest BCUT2D eigenvalue weighted by Crippen LogP contribution is -2.35. The molecule has 3 aromatic rings. The minimum Gasteiger partial charge on any atom is -0.482 e. The van der Waals surface area contributed by atoms with Gasteiger partial charge in [0.25, 0.3) is 15.9 Å². The SMILES string of the molecule is CN1C(=O)COc2ccc(-c3csc(NS(=O)(=O)c4ccc(N5CCCC5=O)cc4)n3)cc21. The third-order valence-electron chi connectivity index (χ3n) is 5.60. The molecule has 0 spiro atoms. The Bertz CT molecular complexity index is 1350. The van der Waals surface area contributed by atoms with Crippen molar-refractivity contribution in [2.75, 3.05) is 34.7 Å². The summed E-state index contributed by atoms with van der Waals surface area (Å²) in [6.45, 7) is 0.643. The van der Waals surface area contributed by atoms with Gasteiger partial charge in [0.2, 0.25) is 5.91 Å². The van der Waals surface area contributed by atoms with E-state index in [1.54, 1.807) is 41.6 Å². The fourth-order valence-corrected chi connectivity index (χ4v) is 5.76. The van der Waals surface area contributed by atoms with Crippen molar-refractivity contribution in [1.82, 2.24) is 4.98 Å². The second-order valence-corrected chi connectivity index (χ2v) is 10.3. The van der Waals surface area contributed by atoms with Crippen LogP contribution in [0.25, 0.3) is 11.3 Å². The number of benzene rings is 2. The summed E-state index contributed by atoms with van der Waals surface area (Å²) in [5.41, 5.74) is 2.64. The molecular weight excluding hydrogens is 464 g/mol. The van der Waals surface area contributed by atoms with E-state index < -0.39 is 10.0 Å². The topological polar surface area (TPSA) is 109 Å². The van der Waals surface area contributed by atoms with Crippen molar-refractivity contribution >= 4 is 49.7 Å². The van der Waals surface area contributed by atoms with E-state index in [2.05, 4.69) is 9.71 Å². The van der Waals surface area contributed by atoms with E-state index >= 15 is 0 Å². The molecule has 5 rings (SSSR count). The number of likely N-dealkylation sites (N-methyl/N-ethyl adjacent to an activating group) is 1. The predicted octanol–water partition coefficient (Wildman–Crippen LogP) is 3.09. The van der Waals surface area contributed by atoms with Gasteiger partial charge in [-0.1, -0.05) is 0 Å². The number of carbonyl (C=O) groups is 2. The highest BCUT2D eigenvalue weighted by Crippen LogP contribution is 2.36. The molecule has 9 nitrogen and oxygen atoms in total. The Balaban J connectivity index is 1.34. The van der Waals surface area contributed by atoms with E-state index in [0.29, 0.717) is 35.8 Å². The summed E-state index contributed by atoms with van der Waals surface area (Å²) in [5.74, 6) is 0.505. The van der Waals surface area contributed by atoms with Gasteiger partial charge in [-0.05, 0) is 48.9 Å². The van der Waals surface area contributed by atoms with Gasteiger partial charge in [-0.15, -0.1) is 11.3 Å². The number of nitrogens with zero attached hydrogens (tertiary/aromatic N) is 3. The number of sulfonamides is 1. The summed E-state index contributed by atoms with van der Waals surface area (Å²) in [5, 5.41) is 1.97. The van der Waals surface area contributed by atoms with Crippen molar-refractivity contribution in [2.45, 2.75) is 17.7 Å². The van der Waals surface area contributed by atoms with E-state index in [1.165, 1.54) is 17.0 Å². The van der Waals surface area contributed by atoms with Crippen LogP contribution in [0.15, 0.2) is 52.7 Å². The number of aromatic nitrogens is 1. The first kappa shape index (κ1) is 21.4. The fourth-order valence-electron chi connectivity index (χ4n) is 3.78. The summed E-state index contributed by atoms with van der Waals surface area (Å²) in [6, 6.07) is 11.6. The standard InChI is InChI=1S/C22H20N4O5S2/c1-25-18-11-14(4-9-19(18)31-12-21(25)28)17-13-32-22(23-17)24-33(29,30)16-7-5-15(6-8-16)26-10-2-3-20(26)27/h4-9,11,13H,2-3,10,12H2,1H3,(H,23,24). The zero-order valence-corrected chi connectivity index (χ0v) is 19.3. The number of carbonyl (C=O) groups excluding carboxylic acids is 2. The van der Waals surface area contributed by atoms with Crippen molar-refractivity contribution < 1.29 is 22.7 Å². The Labute approximate surface area is 194 Å². The second kappa shape index (κ2) is 8.16. The monoisotopic (exact) mass is 484 g/mol. The molecule has 3 heterocycles. The lowest BCUT2D eigenvalue weighted by Gasteiger charge is -2.26. The van der Waals surface area contributed by atoms with Crippen LogP contribution in [0.3, 0.4) is 0 Å². The minimum atomic E-state index is -3.84. The molecule has 11 heteroatoms. The highest BCUT2D eigenvalue weighted by Gasteiger charge is 2.24. The molecule has 1 N–H and O–H groups in total. The normalized spacial score (nSPS) is 16.0. The van der Waals surface area contributed by atoms with E-state index in [0.717, 1.165) is 23.3 Å². The molecule has 1 saturated heterocycles. The number of fused-ring (bicyclic) bond motifs is 1. The zero-order valence-electron chi connectivity index (χ0n) is 17.6. The number of ether oxygens (including phenoxy) is 1. The van der Waals surface area contributed by atoms with Crippen LogP contribution in [0.5, 0.6) is 5.75 Å². The number of hydrogen-bond acceptors (Lipinski definition) is 7. The van der Waals surface area contributed by atoms with Crippen molar-refractivity contribution in [3.8, 4) is 17.0 Å². The molecule has 0 saturated carbocycles. The predicted molar refractivity (Wildman–Crippen MR) is 125 cm³/mol. The average Bonchev–Trinajstić information content (AvgIpc) is 3.45. The Morgan fingerprint density at radius 3 is 2.61 bits per heavy atom. The molecule has 0 bridgehead atoms. The molecule has 0 atom stereocenters. The summed E-state index contributed by atoms with van der Waals surface area (Å²) in [4.78, 5) is 31.5. The Morgan fingerprint density at radius 2 is 1.88 bits per heavy atom. The number of thiazole rings is 1. The van der Waals surface area contributed by atoms with E-state index in [4.69, 9.17) is 4.74 Å². The first-order valence-electron chi connectivity index (χ1n) is 10.2. The van der Waals surface area contributed by atoms with Gasteiger partial charge in [0.15, 0.2) is 11.7 Å². The number of hydrogen-bond donors (Lipinski definition) is 1. The van der Waals surface area contributed by atoms with Crippen molar-refractivity contribution in [2.24, 2.45) is 0 Å². The number of amides is 2. The third-order valence-corrected chi connectivity index (χ3v) is 7.84. The third kappa shape index (κ3) is 4.05. The molecule has 170 valence electrons. The molecule has 2 aromatic carbocycles. The molecule has 1 aromatic heterocycles. The number of nitrogens with one attached hydrogen (secondary N) is 1. The number of rotatable bonds is 5. The van der Waals surface area contributed by atoms with Gasteiger partial charge in [-0.2, -0.15) is 0 Å². The molecule has 1 fully saturated rings. The highest BCUT2D eigenvalue weighted by molar-refractivity contribution is 7.93. The van der Waals surface area contributed by atoms with Gasteiger partial charge in [0.05, 0.1) is 16.3 Å². The van der Waals surface area contributed by atoms with Crippen LogP contribution in [0.2, 0.25) is 0 Å². The van der Waals surface area contributed by atoms with Crippen LogP contribution in [0.4, 0.5) is 16.5 Å². The largest absolute Gasteiger partial charge is 0.482 e. The first-order chi connectivity index (χ1) is 15.8. The Kier molecular flexibility index (Phi) is 5.29. The maximum Gasteiger partial charge on any atom is 0.264 e. The van der Waals surface area contributed by atoms with Crippen LogP contribution >= 0.6 is 11.3 Å². The maximum atomic E-state index is 12.8. The van der Waals surface area contributed by atoms with Crippen LogP contribution < -0.4 is 19.3 Å². The van der Waals surface area contributed by atoms with Crippen LogP contribution in [0.1, 0.15) is 12.8 Å². The lowest BCUT2D eigenvalue weighted by molar-refractivity contribution is -0.121. The average molecular weight is 485 g/mol. The van der Waals surface area contributed by atoms with Crippen LogP contribution in [-0.4, -0.2) is 45.4 Å².